The van der Waals surface area contributed by atoms with E-state index < -0.39 is 0 Å². The van der Waals surface area contributed by atoms with E-state index in [0.717, 1.165) is 6.67 Å². The second-order valence-electron chi connectivity index (χ2n) is 2.33. The Balaban J connectivity index is 2.24. The molecular weight excluding hydrogens is 130 g/mol. The van der Waals surface area contributed by atoms with Crippen molar-refractivity contribution >= 4 is 12.2 Å². The lowest BCUT2D eigenvalue weighted by Gasteiger charge is -2.16. The lowest BCUT2D eigenvalue weighted by Crippen LogP contribution is -2.45. The van der Waals surface area contributed by atoms with Gasteiger partial charge in [0.1, 0.15) is 24.4 Å². The van der Waals surface area contributed by atoms with Crippen LogP contribution in [0, 0.1) is 0 Å². The third-order valence-electron chi connectivity index (χ3n) is 1.70. The predicted molar refractivity (Wildman–Crippen MR) is 38.8 cm³/mol. The minimum absolute atomic E-state index is 0.0949. The van der Waals surface area contributed by atoms with Crippen LogP contribution in [0.25, 0.3) is 0 Å². The Bertz CT molecular complexity index is 196. The minimum atomic E-state index is 0.0949. The van der Waals surface area contributed by atoms with Gasteiger partial charge in [0.2, 0.25) is 0 Å². The molecule has 2 rings (SSSR count). The van der Waals surface area contributed by atoms with Crippen LogP contribution in [0.2, 0.25) is 0 Å². The molecule has 0 radical (unpaired) electrons. The number of nitrogens with zero attached hydrogens (tertiary/aromatic N) is 2. The fourth-order valence-electron chi connectivity index (χ4n) is 1.16. The summed E-state index contributed by atoms with van der Waals surface area (Å²) in [5.41, 5.74) is 5.58. The second-order valence-corrected chi connectivity index (χ2v) is 2.33. The summed E-state index contributed by atoms with van der Waals surface area (Å²) in [7, 11) is 0. The Hall–Kier alpha value is -0.940. The number of aliphatic imine (C=N–C) groups is 2. The Morgan fingerprint density at radius 2 is 2.50 bits per heavy atom. The van der Waals surface area contributed by atoms with E-state index in [1.54, 1.807) is 0 Å². The fraction of sp³-hybridized carbons (Fsp3) is 0.600. The molecule has 10 heavy (non-hydrogen) atoms. The number of rotatable bonds is 0. The average Bonchev–Trinajstić information content (AvgIpc) is 2.36. The van der Waals surface area contributed by atoms with Gasteiger partial charge in [0.05, 0.1) is 0 Å². The molecule has 5 heteroatoms. The van der Waals surface area contributed by atoms with Crippen LogP contribution in [0.4, 0.5) is 0 Å². The van der Waals surface area contributed by atoms with Crippen LogP contribution in [0.1, 0.15) is 0 Å². The zero-order chi connectivity index (χ0) is 6.97. The third kappa shape index (κ3) is 0.714. The number of hydrogen-bond acceptors (Lipinski definition) is 5. The maximum absolute atomic E-state index is 5.58. The highest BCUT2D eigenvalue weighted by Crippen LogP contribution is 2.04. The van der Waals surface area contributed by atoms with Crippen molar-refractivity contribution in [3.8, 4) is 0 Å². The van der Waals surface area contributed by atoms with Gasteiger partial charge in [0.25, 0.3) is 0 Å². The number of nitrogens with two attached hydrogens (primary N) is 1. The van der Waals surface area contributed by atoms with E-state index in [-0.39, 0.29) is 12.2 Å². The molecule has 1 saturated heterocycles. The van der Waals surface area contributed by atoms with Gasteiger partial charge in [-0.2, -0.15) is 0 Å². The van der Waals surface area contributed by atoms with Crippen molar-refractivity contribution in [2.75, 3.05) is 6.67 Å². The first kappa shape index (κ1) is 5.82. The summed E-state index contributed by atoms with van der Waals surface area (Å²) >= 11 is 0. The SMILES string of the molecule is NC1=NC=NC2NCNC12. The maximum atomic E-state index is 5.58. The first-order chi connectivity index (χ1) is 4.88. The highest BCUT2D eigenvalue weighted by atomic mass is 15.3. The summed E-state index contributed by atoms with van der Waals surface area (Å²) in [6, 6.07) is 0.102. The standard InChI is InChI=1S/C5H9N5/c6-4-3-5(9-1-7-3)10-2-8-4/h2-3,5,7,9H,1H2,(H2,6,8,10). The Morgan fingerprint density at radius 3 is 3.30 bits per heavy atom. The van der Waals surface area contributed by atoms with Gasteiger partial charge in [-0.15, -0.1) is 0 Å². The van der Waals surface area contributed by atoms with E-state index in [0.29, 0.717) is 5.84 Å². The van der Waals surface area contributed by atoms with E-state index in [2.05, 4.69) is 20.6 Å². The molecule has 0 bridgehead atoms. The first-order valence-electron chi connectivity index (χ1n) is 3.19. The van der Waals surface area contributed by atoms with Crippen molar-refractivity contribution < 1.29 is 0 Å². The van der Waals surface area contributed by atoms with Gasteiger partial charge >= 0.3 is 0 Å². The fourth-order valence-corrected chi connectivity index (χ4v) is 1.16. The topological polar surface area (TPSA) is 74.8 Å². The molecule has 0 aromatic heterocycles. The van der Waals surface area contributed by atoms with Gasteiger partial charge < -0.3 is 5.73 Å². The van der Waals surface area contributed by atoms with Crippen LogP contribution in [0.3, 0.4) is 0 Å². The van der Waals surface area contributed by atoms with Crippen molar-refractivity contribution in [1.82, 2.24) is 10.6 Å². The predicted octanol–water partition coefficient (Wildman–Crippen LogP) is -1.77. The zero-order valence-corrected chi connectivity index (χ0v) is 5.41. The van der Waals surface area contributed by atoms with Crippen LogP contribution in [-0.2, 0) is 0 Å². The summed E-state index contributed by atoms with van der Waals surface area (Å²) < 4.78 is 0. The molecule has 0 aromatic carbocycles. The molecule has 2 aliphatic rings. The number of nitrogens with one attached hydrogen (secondary N) is 2. The van der Waals surface area contributed by atoms with E-state index in [4.69, 9.17) is 5.73 Å². The van der Waals surface area contributed by atoms with E-state index in [1.807, 2.05) is 0 Å². The maximum Gasteiger partial charge on any atom is 0.125 e. The van der Waals surface area contributed by atoms with Gasteiger partial charge in [-0.25, -0.2) is 4.99 Å². The van der Waals surface area contributed by atoms with Gasteiger partial charge in [-0.05, 0) is 0 Å². The van der Waals surface area contributed by atoms with E-state index in [1.165, 1.54) is 6.34 Å². The highest BCUT2D eigenvalue weighted by molar-refractivity contribution is 5.94. The molecule has 0 aromatic rings. The molecule has 0 saturated carbocycles. The lowest BCUT2D eigenvalue weighted by molar-refractivity contribution is 0.615. The highest BCUT2D eigenvalue weighted by Gasteiger charge is 2.29. The molecular formula is C5H9N5. The van der Waals surface area contributed by atoms with Crippen LogP contribution < -0.4 is 16.4 Å². The smallest absolute Gasteiger partial charge is 0.125 e. The first-order valence-corrected chi connectivity index (χ1v) is 3.19. The molecule has 0 amide bonds. The number of fused-ring (bicyclic) bond motifs is 1. The van der Waals surface area contributed by atoms with Crippen molar-refractivity contribution in [2.24, 2.45) is 15.7 Å². The van der Waals surface area contributed by atoms with Crippen LogP contribution in [0.5, 0.6) is 0 Å². The lowest BCUT2D eigenvalue weighted by atomic mass is 10.2. The third-order valence-corrected chi connectivity index (χ3v) is 1.70. The average molecular weight is 139 g/mol. The Morgan fingerprint density at radius 1 is 1.60 bits per heavy atom. The number of hydrogen-bond donors (Lipinski definition) is 3. The monoisotopic (exact) mass is 139 g/mol. The molecule has 4 N–H and O–H groups in total. The molecule has 1 fully saturated rings. The molecule has 0 spiro atoms. The Kier molecular flexibility index (Phi) is 1.18. The van der Waals surface area contributed by atoms with E-state index in [9.17, 15) is 0 Å². The van der Waals surface area contributed by atoms with Gasteiger partial charge in [-0.3, -0.25) is 15.6 Å². The molecule has 2 aliphatic heterocycles. The summed E-state index contributed by atoms with van der Waals surface area (Å²) in [5, 5.41) is 6.25. The van der Waals surface area contributed by atoms with Gasteiger partial charge in [0, 0.05) is 6.67 Å². The molecule has 2 unspecified atom stereocenters. The molecule has 0 aliphatic carbocycles. The van der Waals surface area contributed by atoms with Crippen LogP contribution in [-0.4, -0.2) is 31.1 Å². The zero-order valence-electron chi connectivity index (χ0n) is 5.41. The second kappa shape index (κ2) is 2.03. The van der Waals surface area contributed by atoms with Crippen molar-refractivity contribution in [3.63, 3.8) is 0 Å². The molecule has 54 valence electrons. The molecule has 2 atom stereocenters. The van der Waals surface area contributed by atoms with Gasteiger partial charge in [0.15, 0.2) is 0 Å². The van der Waals surface area contributed by atoms with Gasteiger partial charge in [-0.1, -0.05) is 0 Å². The van der Waals surface area contributed by atoms with Crippen LogP contribution >= 0.6 is 0 Å². The quantitative estimate of drug-likeness (QED) is 0.372. The van der Waals surface area contributed by atoms with Crippen molar-refractivity contribution in [2.45, 2.75) is 12.2 Å². The summed E-state index contributed by atoms with van der Waals surface area (Å²) in [5.74, 6) is 0.616. The minimum Gasteiger partial charge on any atom is -0.386 e. The molecule has 2 heterocycles. The largest absolute Gasteiger partial charge is 0.386 e. The van der Waals surface area contributed by atoms with Crippen LogP contribution in [0.15, 0.2) is 9.98 Å². The summed E-state index contributed by atoms with van der Waals surface area (Å²) in [4.78, 5) is 7.95. The van der Waals surface area contributed by atoms with E-state index >= 15 is 0 Å². The normalized spacial score (nSPS) is 37.4. The van der Waals surface area contributed by atoms with Crippen molar-refractivity contribution in [1.29, 1.82) is 0 Å². The Labute approximate surface area is 58.4 Å². The molecule has 5 nitrogen and oxygen atoms in total. The summed E-state index contributed by atoms with van der Waals surface area (Å²) in [6.07, 6.45) is 1.59. The summed E-state index contributed by atoms with van der Waals surface area (Å²) in [6.45, 7) is 0.753. The number of amidine groups is 1. The van der Waals surface area contributed by atoms with Crippen molar-refractivity contribution in [3.05, 3.63) is 0 Å².